The third kappa shape index (κ3) is 7.16. The lowest BCUT2D eigenvalue weighted by Gasteiger charge is -2.19. The van der Waals surface area contributed by atoms with Crippen molar-refractivity contribution in [3.63, 3.8) is 0 Å². The summed E-state index contributed by atoms with van der Waals surface area (Å²) in [7, 11) is 0. The monoisotopic (exact) mass is 432 g/mol. The molecule has 0 saturated carbocycles. The molecule has 0 saturated heterocycles. The molecule has 0 bridgehead atoms. The highest BCUT2D eigenvalue weighted by Crippen LogP contribution is 2.30. The number of ether oxygens (including phenoxy) is 2. The standard InChI is InChI=1S/C28H32O4/c1-3-6-25(24-16-9-21(2)10-17-24)20-32-27-8-5-4-7-26(27)31-19-23-13-11-22(12-14-23)15-18-28(29)30/h4-5,7-14,16-17,25H,3,6,15,18-20H2,1-2H3,(H,29,30). The van der Waals surface area contributed by atoms with E-state index in [4.69, 9.17) is 14.6 Å². The summed E-state index contributed by atoms with van der Waals surface area (Å²) in [5.74, 6) is 1.03. The molecule has 0 aliphatic heterocycles. The Morgan fingerprint density at radius 2 is 1.50 bits per heavy atom. The maximum absolute atomic E-state index is 10.7. The number of aryl methyl sites for hydroxylation is 2. The van der Waals surface area contributed by atoms with Crippen LogP contribution < -0.4 is 9.47 Å². The fourth-order valence-corrected chi connectivity index (χ4v) is 3.63. The molecule has 4 heteroatoms. The van der Waals surface area contributed by atoms with E-state index in [1.165, 1.54) is 11.1 Å². The Kier molecular flexibility index (Phi) is 8.73. The lowest BCUT2D eigenvalue weighted by Crippen LogP contribution is -2.11. The number of carboxylic acids is 1. The van der Waals surface area contributed by atoms with Gasteiger partial charge in [-0.05, 0) is 48.6 Å². The minimum Gasteiger partial charge on any atom is -0.489 e. The molecule has 1 atom stereocenters. The average molecular weight is 433 g/mol. The summed E-state index contributed by atoms with van der Waals surface area (Å²) >= 11 is 0. The van der Waals surface area contributed by atoms with Gasteiger partial charge in [-0.1, -0.05) is 79.6 Å². The largest absolute Gasteiger partial charge is 0.489 e. The van der Waals surface area contributed by atoms with Crippen LogP contribution in [-0.2, 0) is 17.8 Å². The highest BCUT2D eigenvalue weighted by atomic mass is 16.5. The van der Waals surface area contributed by atoms with Crippen molar-refractivity contribution >= 4 is 5.97 Å². The molecular formula is C28H32O4. The second kappa shape index (κ2) is 11.9. The van der Waals surface area contributed by atoms with Gasteiger partial charge in [-0.15, -0.1) is 0 Å². The molecule has 3 aromatic carbocycles. The van der Waals surface area contributed by atoms with E-state index in [9.17, 15) is 4.79 Å². The summed E-state index contributed by atoms with van der Waals surface area (Å²) in [6.07, 6.45) is 2.85. The number of benzene rings is 3. The third-order valence-electron chi connectivity index (χ3n) is 5.52. The Morgan fingerprint density at radius 3 is 2.12 bits per heavy atom. The van der Waals surface area contributed by atoms with Crippen LogP contribution in [0.3, 0.4) is 0 Å². The molecule has 0 aromatic heterocycles. The molecule has 1 N–H and O–H groups in total. The van der Waals surface area contributed by atoms with Crippen LogP contribution in [0.2, 0.25) is 0 Å². The van der Waals surface area contributed by atoms with Gasteiger partial charge in [0, 0.05) is 12.3 Å². The summed E-state index contributed by atoms with van der Waals surface area (Å²) in [6, 6.07) is 24.4. The van der Waals surface area contributed by atoms with Crippen molar-refractivity contribution in [1.29, 1.82) is 0 Å². The maximum atomic E-state index is 10.7. The predicted octanol–water partition coefficient (Wildman–Crippen LogP) is 6.55. The minimum absolute atomic E-state index is 0.141. The van der Waals surface area contributed by atoms with E-state index >= 15 is 0 Å². The van der Waals surface area contributed by atoms with Gasteiger partial charge in [-0.25, -0.2) is 0 Å². The van der Waals surface area contributed by atoms with Gasteiger partial charge in [0.15, 0.2) is 11.5 Å². The molecule has 0 heterocycles. The van der Waals surface area contributed by atoms with Crippen molar-refractivity contribution in [1.82, 2.24) is 0 Å². The van der Waals surface area contributed by atoms with Crippen LogP contribution in [0.1, 0.15) is 54.4 Å². The van der Waals surface area contributed by atoms with Gasteiger partial charge in [0.1, 0.15) is 6.61 Å². The zero-order chi connectivity index (χ0) is 22.8. The fraction of sp³-hybridized carbons (Fsp3) is 0.321. The molecule has 4 nitrogen and oxygen atoms in total. The van der Waals surface area contributed by atoms with E-state index in [2.05, 4.69) is 38.1 Å². The van der Waals surface area contributed by atoms with Gasteiger partial charge >= 0.3 is 5.97 Å². The molecule has 3 aromatic rings. The molecule has 0 fully saturated rings. The highest BCUT2D eigenvalue weighted by molar-refractivity contribution is 5.67. The first-order valence-corrected chi connectivity index (χ1v) is 11.3. The van der Waals surface area contributed by atoms with Crippen LogP contribution in [0, 0.1) is 6.92 Å². The molecule has 0 aliphatic carbocycles. The van der Waals surface area contributed by atoms with Crippen molar-refractivity contribution < 1.29 is 19.4 Å². The number of hydrogen-bond donors (Lipinski definition) is 1. The smallest absolute Gasteiger partial charge is 0.303 e. The Balaban J connectivity index is 1.60. The van der Waals surface area contributed by atoms with E-state index in [1.54, 1.807) is 0 Å². The zero-order valence-electron chi connectivity index (χ0n) is 18.9. The van der Waals surface area contributed by atoms with E-state index < -0.39 is 5.97 Å². The first-order valence-electron chi connectivity index (χ1n) is 11.3. The van der Waals surface area contributed by atoms with E-state index in [0.717, 1.165) is 35.5 Å². The van der Waals surface area contributed by atoms with Crippen molar-refractivity contribution in [2.75, 3.05) is 6.61 Å². The molecular weight excluding hydrogens is 400 g/mol. The number of hydrogen-bond acceptors (Lipinski definition) is 3. The van der Waals surface area contributed by atoms with Crippen LogP contribution in [0.5, 0.6) is 11.5 Å². The second-order valence-electron chi connectivity index (χ2n) is 8.15. The van der Waals surface area contributed by atoms with Crippen molar-refractivity contribution in [3.05, 3.63) is 95.1 Å². The number of rotatable bonds is 12. The molecule has 1 unspecified atom stereocenters. The third-order valence-corrected chi connectivity index (χ3v) is 5.52. The Morgan fingerprint density at radius 1 is 0.875 bits per heavy atom. The SMILES string of the molecule is CCCC(COc1ccccc1OCc1ccc(CCC(=O)O)cc1)c1ccc(C)cc1. The lowest BCUT2D eigenvalue weighted by molar-refractivity contribution is -0.136. The zero-order valence-corrected chi connectivity index (χ0v) is 18.9. The van der Waals surface area contributed by atoms with Crippen LogP contribution in [0.4, 0.5) is 0 Å². The van der Waals surface area contributed by atoms with Gasteiger partial charge in [0.25, 0.3) is 0 Å². The number of carboxylic acid groups (broad SMARTS) is 1. The number of para-hydroxylation sites is 2. The first kappa shape index (κ1) is 23.4. The minimum atomic E-state index is -0.780. The lowest BCUT2D eigenvalue weighted by atomic mass is 9.94. The first-order chi connectivity index (χ1) is 15.5. The van der Waals surface area contributed by atoms with Gasteiger partial charge < -0.3 is 14.6 Å². The van der Waals surface area contributed by atoms with Crippen molar-refractivity contribution in [3.8, 4) is 11.5 Å². The van der Waals surface area contributed by atoms with Crippen LogP contribution >= 0.6 is 0 Å². The molecule has 0 spiro atoms. The molecule has 0 amide bonds. The Bertz CT molecular complexity index is 977. The topological polar surface area (TPSA) is 55.8 Å². The molecule has 3 rings (SSSR count). The summed E-state index contributed by atoms with van der Waals surface area (Å²) in [4.78, 5) is 10.7. The summed E-state index contributed by atoms with van der Waals surface area (Å²) in [5, 5.41) is 8.82. The van der Waals surface area contributed by atoms with Crippen molar-refractivity contribution in [2.45, 2.75) is 52.1 Å². The van der Waals surface area contributed by atoms with Crippen LogP contribution in [-0.4, -0.2) is 17.7 Å². The Hall–Kier alpha value is -3.27. The fourth-order valence-electron chi connectivity index (χ4n) is 3.63. The van der Waals surface area contributed by atoms with E-state index in [-0.39, 0.29) is 6.42 Å². The van der Waals surface area contributed by atoms with Crippen molar-refractivity contribution in [2.24, 2.45) is 0 Å². The Labute approximate surface area is 190 Å². The van der Waals surface area contributed by atoms with Gasteiger partial charge in [-0.3, -0.25) is 4.79 Å². The van der Waals surface area contributed by atoms with Gasteiger partial charge in [0.05, 0.1) is 6.61 Å². The van der Waals surface area contributed by atoms with Crippen LogP contribution in [0.15, 0.2) is 72.8 Å². The predicted molar refractivity (Wildman–Crippen MR) is 127 cm³/mol. The highest BCUT2D eigenvalue weighted by Gasteiger charge is 2.13. The summed E-state index contributed by atoms with van der Waals surface area (Å²) < 4.78 is 12.3. The number of carbonyl (C=O) groups is 1. The normalized spacial score (nSPS) is 11.7. The van der Waals surface area contributed by atoms with Crippen LogP contribution in [0.25, 0.3) is 0 Å². The van der Waals surface area contributed by atoms with Gasteiger partial charge in [-0.2, -0.15) is 0 Å². The molecule has 32 heavy (non-hydrogen) atoms. The maximum Gasteiger partial charge on any atom is 0.303 e. The van der Waals surface area contributed by atoms with Gasteiger partial charge in [0.2, 0.25) is 0 Å². The van der Waals surface area contributed by atoms with E-state index in [0.29, 0.717) is 25.6 Å². The quantitative estimate of drug-likeness (QED) is 0.352. The molecule has 168 valence electrons. The second-order valence-corrected chi connectivity index (χ2v) is 8.15. The molecule has 0 aliphatic rings. The van der Waals surface area contributed by atoms with E-state index in [1.807, 2.05) is 48.5 Å². The number of aliphatic carboxylic acids is 1. The molecule has 0 radical (unpaired) electrons. The average Bonchev–Trinajstić information content (AvgIpc) is 2.81. The summed E-state index contributed by atoms with van der Waals surface area (Å²) in [6.45, 7) is 5.34. The summed E-state index contributed by atoms with van der Waals surface area (Å²) in [5.41, 5.74) is 4.61.